The Kier molecular flexibility index (Phi) is 2.92. The molecule has 1 aliphatic carbocycles. The summed E-state index contributed by atoms with van der Waals surface area (Å²) in [5.74, 6) is 0.780. The third-order valence-corrected chi connectivity index (χ3v) is 3.52. The van der Waals surface area contributed by atoms with Gasteiger partial charge in [0.15, 0.2) is 0 Å². The predicted molar refractivity (Wildman–Crippen MR) is 70.8 cm³/mol. The molecule has 94 valence electrons. The molecule has 3 heteroatoms. The first kappa shape index (κ1) is 11.5. The molecule has 1 heterocycles. The fourth-order valence-electron chi connectivity index (χ4n) is 2.52. The van der Waals surface area contributed by atoms with Crippen LogP contribution in [0.4, 0.5) is 0 Å². The number of nitrogens with zero attached hydrogens (tertiary/aromatic N) is 1. The van der Waals surface area contributed by atoms with Crippen LogP contribution in [0.25, 0.3) is 10.9 Å². The molecule has 1 aromatic heterocycles. The molecule has 2 aromatic rings. The summed E-state index contributed by atoms with van der Waals surface area (Å²) in [7, 11) is 0. The van der Waals surface area contributed by atoms with E-state index in [2.05, 4.69) is 11.1 Å². The number of hydrogen-bond acceptors (Lipinski definition) is 3. The van der Waals surface area contributed by atoms with Gasteiger partial charge in [-0.05, 0) is 38.3 Å². The number of aliphatic hydroxyl groups excluding tert-OH is 1. The van der Waals surface area contributed by atoms with Gasteiger partial charge in [0.25, 0.3) is 0 Å². The van der Waals surface area contributed by atoms with Gasteiger partial charge in [-0.3, -0.25) is 0 Å². The van der Waals surface area contributed by atoms with Crippen molar-refractivity contribution in [2.45, 2.75) is 38.4 Å². The third-order valence-electron chi connectivity index (χ3n) is 3.52. The Balaban J connectivity index is 1.98. The van der Waals surface area contributed by atoms with Crippen molar-refractivity contribution in [3.63, 3.8) is 0 Å². The maximum absolute atomic E-state index is 9.83. The molecule has 3 nitrogen and oxygen atoms in total. The number of para-hydroxylation sites is 1. The summed E-state index contributed by atoms with van der Waals surface area (Å²) in [5.41, 5.74) is 1.86. The largest absolute Gasteiger partial charge is 0.485 e. The van der Waals surface area contributed by atoms with E-state index < -0.39 is 0 Å². The molecule has 0 radical (unpaired) electrons. The van der Waals surface area contributed by atoms with Crippen molar-refractivity contribution in [3.05, 3.63) is 36.0 Å². The fourth-order valence-corrected chi connectivity index (χ4v) is 2.52. The summed E-state index contributed by atoms with van der Waals surface area (Å²) in [4.78, 5) is 4.54. The van der Waals surface area contributed by atoms with E-state index in [4.69, 9.17) is 4.74 Å². The van der Waals surface area contributed by atoms with Crippen molar-refractivity contribution in [1.29, 1.82) is 0 Å². The number of fused-ring (bicyclic) bond motifs is 1. The molecule has 0 saturated heterocycles. The highest BCUT2D eigenvalue weighted by Gasteiger charge is 2.27. The van der Waals surface area contributed by atoms with Crippen molar-refractivity contribution >= 4 is 10.9 Å². The zero-order valence-corrected chi connectivity index (χ0v) is 10.5. The van der Waals surface area contributed by atoms with Crippen molar-refractivity contribution in [1.82, 2.24) is 4.98 Å². The van der Waals surface area contributed by atoms with Gasteiger partial charge in [0.1, 0.15) is 17.4 Å². The Morgan fingerprint density at radius 3 is 2.89 bits per heavy atom. The lowest BCUT2D eigenvalue weighted by atomic mass is 10.2. The van der Waals surface area contributed by atoms with E-state index in [1.807, 2.05) is 31.2 Å². The van der Waals surface area contributed by atoms with Gasteiger partial charge in [0.05, 0.1) is 6.10 Å². The Bertz CT molecular complexity index is 567. The molecule has 1 aromatic carbocycles. The molecular weight excluding hydrogens is 226 g/mol. The Hall–Kier alpha value is -1.61. The zero-order valence-electron chi connectivity index (χ0n) is 10.5. The quantitative estimate of drug-likeness (QED) is 0.882. The topological polar surface area (TPSA) is 42.4 Å². The van der Waals surface area contributed by atoms with Crippen molar-refractivity contribution in [2.75, 3.05) is 0 Å². The van der Waals surface area contributed by atoms with E-state index in [1.54, 1.807) is 0 Å². The summed E-state index contributed by atoms with van der Waals surface area (Å²) in [6, 6.07) is 9.97. The Morgan fingerprint density at radius 1 is 1.22 bits per heavy atom. The second-order valence-corrected chi connectivity index (χ2v) is 4.94. The highest BCUT2D eigenvalue weighted by molar-refractivity contribution is 5.84. The lowest BCUT2D eigenvalue weighted by molar-refractivity contribution is 0.0613. The van der Waals surface area contributed by atoms with Gasteiger partial charge < -0.3 is 9.84 Å². The first-order valence-corrected chi connectivity index (χ1v) is 6.45. The average molecular weight is 243 g/mol. The number of hydrogen-bond donors (Lipinski definition) is 1. The Morgan fingerprint density at radius 2 is 2.11 bits per heavy atom. The highest BCUT2D eigenvalue weighted by Crippen LogP contribution is 2.29. The highest BCUT2D eigenvalue weighted by atomic mass is 16.5. The predicted octanol–water partition coefficient (Wildman–Crippen LogP) is 2.84. The average Bonchev–Trinajstić information content (AvgIpc) is 2.76. The van der Waals surface area contributed by atoms with Crippen LogP contribution in [0, 0.1) is 6.92 Å². The number of ether oxygens (including phenoxy) is 1. The number of aromatic nitrogens is 1. The molecule has 0 aliphatic heterocycles. The molecule has 1 saturated carbocycles. The van der Waals surface area contributed by atoms with E-state index in [0.29, 0.717) is 0 Å². The van der Waals surface area contributed by atoms with Crippen LogP contribution < -0.4 is 4.74 Å². The third kappa shape index (κ3) is 2.06. The molecule has 1 fully saturated rings. The SMILES string of the molecule is Cc1ccc2cccc(O[C@@H]3CCC[C@H]3O)c2n1. The molecule has 1 N–H and O–H groups in total. The molecule has 2 atom stereocenters. The molecule has 0 amide bonds. The second kappa shape index (κ2) is 4.58. The van der Waals surface area contributed by atoms with Gasteiger partial charge >= 0.3 is 0 Å². The number of aliphatic hydroxyl groups is 1. The van der Waals surface area contributed by atoms with Gasteiger partial charge in [0, 0.05) is 11.1 Å². The molecule has 1 aliphatic rings. The van der Waals surface area contributed by atoms with Gasteiger partial charge in [-0.25, -0.2) is 4.98 Å². The minimum atomic E-state index is -0.343. The monoisotopic (exact) mass is 243 g/mol. The minimum absolute atomic E-state index is 0.0853. The van der Waals surface area contributed by atoms with Crippen molar-refractivity contribution in [2.24, 2.45) is 0 Å². The van der Waals surface area contributed by atoms with E-state index in [9.17, 15) is 5.11 Å². The smallest absolute Gasteiger partial charge is 0.146 e. The van der Waals surface area contributed by atoms with Crippen molar-refractivity contribution < 1.29 is 9.84 Å². The van der Waals surface area contributed by atoms with Crippen molar-refractivity contribution in [3.8, 4) is 5.75 Å². The lowest BCUT2D eigenvalue weighted by Gasteiger charge is -2.18. The number of aryl methyl sites for hydroxylation is 1. The van der Waals surface area contributed by atoms with E-state index >= 15 is 0 Å². The molecule has 0 bridgehead atoms. The van der Waals surface area contributed by atoms with Gasteiger partial charge in [-0.15, -0.1) is 0 Å². The number of pyridine rings is 1. The first-order valence-electron chi connectivity index (χ1n) is 6.45. The van der Waals surface area contributed by atoms with Crippen LogP contribution in [0.2, 0.25) is 0 Å². The number of benzene rings is 1. The molecule has 0 unspecified atom stereocenters. The van der Waals surface area contributed by atoms with Gasteiger partial charge in [-0.1, -0.05) is 18.2 Å². The van der Waals surface area contributed by atoms with Gasteiger partial charge in [0.2, 0.25) is 0 Å². The van der Waals surface area contributed by atoms with Crippen LogP contribution in [0.3, 0.4) is 0 Å². The lowest BCUT2D eigenvalue weighted by Crippen LogP contribution is -2.25. The zero-order chi connectivity index (χ0) is 12.5. The van der Waals surface area contributed by atoms with Gasteiger partial charge in [-0.2, -0.15) is 0 Å². The Labute approximate surface area is 106 Å². The standard InChI is InChI=1S/C15H17NO2/c1-10-8-9-11-4-2-7-14(15(11)16-10)18-13-6-3-5-12(13)17/h2,4,7-9,12-13,17H,3,5-6H2,1H3/t12-,13-/m1/s1. The van der Waals surface area contributed by atoms with Crippen LogP contribution in [0.15, 0.2) is 30.3 Å². The molecular formula is C15H17NO2. The van der Waals surface area contributed by atoms with E-state index in [-0.39, 0.29) is 12.2 Å². The summed E-state index contributed by atoms with van der Waals surface area (Å²) in [6.07, 6.45) is 2.36. The first-order chi connectivity index (χ1) is 8.74. The van der Waals surface area contributed by atoms with Crippen LogP contribution in [-0.4, -0.2) is 22.3 Å². The minimum Gasteiger partial charge on any atom is -0.485 e. The van der Waals surface area contributed by atoms with Crippen LogP contribution in [0.5, 0.6) is 5.75 Å². The van der Waals surface area contributed by atoms with E-state index in [0.717, 1.165) is 41.6 Å². The molecule has 0 spiro atoms. The second-order valence-electron chi connectivity index (χ2n) is 4.94. The summed E-state index contributed by atoms with van der Waals surface area (Å²) < 4.78 is 5.94. The number of rotatable bonds is 2. The van der Waals surface area contributed by atoms with E-state index in [1.165, 1.54) is 0 Å². The maximum Gasteiger partial charge on any atom is 0.146 e. The van der Waals surface area contributed by atoms with Crippen LogP contribution >= 0.6 is 0 Å². The molecule has 18 heavy (non-hydrogen) atoms. The summed E-state index contributed by atoms with van der Waals surface area (Å²) in [6.45, 7) is 1.97. The van der Waals surface area contributed by atoms with Crippen LogP contribution in [-0.2, 0) is 0 Å². The fraction of sp³-hybridized carbons (Fsp3) is 0.400. The molecule has 3 rings (SSSR count). The summed E-state index contributed by atoms with van der Waals surface area (Å²) in [5, 5.41) is 10.9. The normalized spacial score (nSPS) is 23.4. The van der Waals surface area contributed by atoms with Crippen LogP contribution in [0.1, 0.15) is 25.0 Å². The summed E-state index contributed by atoms with van der Waals surface area (Å²) >= 11 is 0. The maximum atomic E-state index is 9.83.